The summed E-state index contributed by atoms with van der Waals surface area (Å²) in [6.07, 6.45) is 0. The molecule has 0 saturated heterocycles. The van der Waals surface area contributed by atoms with Crippen LogP contribution in [0, 0.1) is 5.82 Å². The van der Waals surface area contributed by atoms with E-state index in [2.05, 4.69) is 10.2 Å². The Morgan fingerprint density at radius 2 is 1.50 bits per heavy atom. The maximum atomic E-state index is 13.6. The van der Waals surface area contributed by atoms with Gasteiger partial charge < -0.3 is 0 Å². The van der Waals surface area contributed by atoms with Gasteiger partial charge in [-0.1, -0.05) is 60.7 Å². The Balaban J connectivity index is 1.73. The number of carbonyl (C=O) groups excluding carboxylic acids is 1. The van der Waals surface area contributed by atoms with Crippen LogP contribution in [0.5, 0.6) is 0 Å². The lowest BCUT2D eigenvalue weighted by Gasteiger charge is -2.26. The molecule has 1 aliphatic heterocycles. The molecule has 5 heteroatoms. The average molecular weight is 369 g/mol. The molecule has 0 unspecified atom stereocenters. The SMILES string of the molecule is O=C1c2[nH]nc(-c3ccccc3)c2[C@H](c2ccc(F)cc2)N1c1ccccc1. The highest BCUT2D eigenvalue weighted by Crippen LogP contribution is 2.44. The minimum atomic E-state index is -0.389. The molecule has 5 rings (SSSR count). The normalized spacial score (nSPS) is 15.7. The van der Waals surface area contributed by atoms with E-state index in [1.165, 1.54) is 12.1 Å². The second kappa shape index (κ2) is 6.46. The molecule has 28 heavy (non-hydrogen) atoms. The Kier molecular flexibility index (Phi) is 3.79. The number of hydrogen-bond donors (Lipinski definition) is 1. The summed E-state index contributed by atoms with van der Waals surface area (Å²) in [6, 6.07) is 25.1. The van der Waals surface area contributed by atoms with Crippen LogP contribution < -0.4 is 4.90 Å². The van der Waals surface area contributed by atoms with E-state index >= 15 is 0 Å². The van der Waals surface area contributed by atoms with E-state index in [0.717, 1.165) is 28.1 Å². The zero-order chi connectivity index (χ0) is 19.1. The zero-order valence-electron chi connectivity index (χ0n) is 14.8. The van der Waals surface area contributed by atoms with Gasteiger partial charge in [0, 0.05) is 16.8 Å². The van der Waals surface area contributed by atoms with Crippen LogP contribution >= 0.6 is 0 Å². The lowest BCUT2D eigenvalue weighted by atomic mass is 9.96. The summed E-state index contributed by atoms with van der Waals surface area (Å²) in [4.78, 5) is 15.0. The van der Waals surface area contributed by atoms with Crippen molar-refractivity contribution in [2.24, 2.45) is 0 Å². The standard InChI is InChI=1S/C23H16FN3O/c24-17-13-11-16(12-14-17)22-19-20(15-7-3-1-4-8-15)25-26-21(19)23(28)27(22)18-9-5-2-6-10-18/h1-14,22H,(H,25,26)/t22-/m0/s1. The smallest absolute Gasteiger partial charge is 0.277 e. The van der Waals surface area contributed by atoms with Gasteiger partial charge in [0.2, 0.25) is 0 Å². The highest BCUT2D eigenvalue weighted by atomic mass is 19.1. The van der Waals surface area contributed by atoms with Gasteiger partial charge in [-0.25, -0.2) is 4.39 Å². The number of amides is 1. The van der Waals surface area contributed by atoms with Crippen LogP contribution in [-0.2, 0) is 0 Å². The molecule has 1 N–H and O–H groups in total. The van der Waals surface area contributed by atoms with E-state index in [4.69, 9.17) is 0 Å². The molecule has 3 aromatic carbocycles. The third-order valence-electron chi connectivity index (χ3n) is 5.04. The first-order valence-corrected chi connectivity index (χ1v) is 9.02. The summed E-state index contributed by atoms with van der Waals surface area (Å²) in [5, 5.41) is 7.36. The third-order valence-corrected chi connectivity index (χ3v) is 5.04. The first-order chi connectivity index (χ1) is 13.7. The van der Waals surface area contributed by atoms with E-state index in [-0.39, 0.29) is 17.8 Å². The Morgan fingerprint density at radius 1 is 0.857 bits per heavy atom. The number of fused-ring (bicyclic) bond motifs is 1. The minimum absolute atomic E-state index is 0.148. The molecule has 0 radical (unpaired) electrons. The van der Waals surface area contributed by atoms with Crippen molar-refractivity contribution in [3.63, 3.8) is 0 Å². The number of nitrogens with zero attached hydrogens (tertiary/aromatic N) is 2. The Labute approximate surface area is 161 Å². The third kappa shape index (κ3) is 2.52. The molecule has 2 heterocycles. The lowest BCUT2D eigenvalue weighted by molar-refractivity contribution is 0.0989. The Bertz CT molecular complexity index is 1140. The number of hydrogen-bond acceptors (Lipinski definition) is 2. The molecule has 1 aliphatic rings. The van der Waals surface area contributed by atoms with Gasteiger partial charge in [0.05, 0.1) is 11.7 Å². The van der Waals surface area contributed by atoms with Gasteiger partial charge in [0.15, 0.2) is 0 Å². The van der Waals surface area contributed by atoms with Gasteiger partial charge >= 0.3 is 0 Å². The number of para-hydroxylation sites is 1. The van der Waals surface area contributed by atoms with Crippen molar-refractivity contribution in [1.29, 1.82) is 0 Å². The number of rotatable bonds is 3. The van der Waals surface area contributed by atoms with Crippen LogP contribution in [0.1, 0.15) is 27.7 Å². The lowest BCUT2D eigenvalue weighted by Crippen LogP contribution is -2.29. The molecular formula is C23H16FN3O. The molecule has 1 amide bonds. The summed E-state index contributed by atoms with van der Waals surface area (Å²) in [5.74, 6) is -0.458. The summed E-state index contributed by atoms with van der Waals surface area (Å²) < 4.78 is 13.6. The number of nitrogens with one attached hydrogen (secondary N) is 1. The van der Waals surface area contributed by atoms with Crippen molar-refractivity contribution in [2.75, 3.05) is 4.90 Å². The van der Waals surface area contributed by atoms with E-state index in [1.807, 2.05) is 60.7 Å². The maximum Gasteiger partial charge on any atom is 0.277 e. The van der Waals surface area contributed by atoms with E-state index in [0.29, 0.717) is 5.69 Å². The maximum absolute atomic E-state index is 13.6. The zero-order valence-corrected chi connectivity index (χ0v) is 14.8. The van der Waals surface area contributed by atoms with Crippen LogP contribution in [0.4, 0.5) is 10.1 Å². The highest BCUT2D eigenvalue weighted by Gasteiger charge is 2.42. The molecule has 136 valence electrons. The predicted molar refractivity (Wildman–Crippen MR) is 106 cm³/mol. The molecule has 0 aliphatic carbocycles. The number of anilines is 1. The number of H-pyrrole nitrogens is 1. The number of halogens is 1. The summed E-state index contributed by atoms with van der Waals surface area (Å²) in [6.45, 7) is 0. The molecule has 0 fully saturated rings. The van der Waals surface area contributed by atoms with Crippen LogP contribution in [0.3, 0.4) is 0 Å². The van der Waals surface area contributed by atoms with Gasteiger partial charge in [-0.15, -0.1) is 0 Å². The molecule has 0 bridgehead atoms. The largest absolute Gasteiger partial charge is 0.295 e. The van der Waals surface area contributed by atoms with Crippen molar-refractivity contribution in [1.82, 2.24) is 10.2 Å². The monoisotopic (exact) mass is 369 g/mol. The molecule has 4 nitrogen and oxygen atoms in total. The molecule has 0 spiro atoms. The quantitative estimate of drug-likeness (QED) is 0.554. The molecule has 1 aromatic heterocycles. The summed E-state index contributed by atoms with van der Waals surface area (Å²) in [7, 11) is 0. The number of carbonyl (C=O) groups is 1. The average Bonchev–Trinajstić information content (AvgIpc) is 3.29. The van der Waals surface area contributed by atoms with Crippen molar-refractivity contribution in [3.05, 3.63) is 108 Å². The van der Waals surface area contributed by atoms with E-state index < -0.39 is 0 Å². The number of aromatic nitrogens is 2. The van der Waals surface area contributed by atoms with Crippen LogP contribution in [0.2, 0.25) is 0 Å². The fraction of sp³-hybridized carbons (Fsp3) is 0.0435. The fourth-order valence-corrected chi connectivity index (χ4v) is 3.78. The molecule has 0 saturated carbocycles. The first-order valence-electron chi connectivity index (χ1n) is 9.02. The summed E-state index contributed by atoms with van der Waals surface area (Å²) >= 11 is 0. The van der Waals surface area contributed by atoms with Crippen molar-refractivity contribution in [3.8, 4) is 11.3 Å². The number of benzene rings is 3. The first kappa shape index (κ1) is 16.4. The number of aromatic amines is 1. The van der Waals surface area contributed by atoms with Crippen molar-refractivity contribution in [2.45, 2.75) is 6.04 Å². The Morgan fingerprint density at radius 3 is 2.18 bits per heavy atom. The molecule has 1 atom stereocenters. The topological polar surface area (TPSA) is 49.0 Å². The fourth-order valence-electron chi connectivity index (χ4n) is 3.78. The van der Waals surface area contributed by atoms with Gasteiger partial charge in [0.25, 0.3) is 5.91 Å². The summed E-state index contributed by atoms with van der Waals surface area (Å²) in [5.41, 5.74) is 4.55. The van der Waals surface area contributed by atoms with Gasteiger partial charge in [-0.3, -0.25) is 14.8 Å². The Hall–Kier alpha value is -3.73. The van der Waals surface area contributed by atoms with E-state index in [9.17, 15) is 9.18 Å². The van der Waals surface area contributed by atoms with Crippen molar-refractivity contribution < 1.29 is 9.18 Å². The minimum Gasteiger partial charge on any atom is -0.295 e. The molecular weight excluding hydrogens is 353 g/mol. The van der Waals surface area contributed by atoms with Gasteiger partial charge in [-0.2, -0.15) is 5.10 Å². The van der Waals surface area contributed by atoms with Crippen LogP contribution in [0.25, 0.3) is 11.3 Å². The van der Waals surface area contributed by atoms with Gasteiger partial charge in [-0.05, 0) is 29.8 Å². The van der Waals surface area contributed by atoms with Crippen LogP contribution in [-0.4, -0.2) is 16.1 Å². The second-order valence-electron chi connectivity index (χ2n) is 6.69. The highest BCUT2D eigenvalue weighted by molar-refractivity contribution is 6.11. The van der Waals surface area contributed by atoms with E-state index in [1.54, 1.807) is 17.0 Å². The molecule has 4 aromatic rings. The van der Waals surface area contributed by atoms with Crippen molar-refractivity contribution >= 4 is 11.6 Å². The second-order valence-corrected chi connectivity index (χ2v) is 6.69. The van der Waals surface area contributed by atoms with Gasteiger partial charge in [0.1, 0.15) is 11.5 Å². The predicted octanol–water partition coefficient (Wildman–Crippen LogP) is 4.97. The van der Waals surface area contributed by atoms with Crippen LogP contribution in [0.15, 0.2) is 84.9 Å².